The molecule has 0 aliphatic heterocycles. The SMILES string of the molecule is C[C@@H](SCc1nc2scc(-c3ccccc3)c2c(=O)[nH]1)C(=O)NC1CCCCCC1. The van der Waals surface area contributed by atoms with E-state index in [4.69, 9.17) is 0 Å². The number of carbonyl (C=O) groups excluding carboxylic acids is 1. The highest BCUT2D eigenvalue weighted by atomic mass is 32.2. The van der Waals surface area contributed by atoms with E-state index in [2.05, 4.69) is 15.3 Å². The summed E-state index contributed by atoms with van der Waals surface area (Å²) < 4.78 is 0. The van der Waals surface area contributed by atoms with Crippen LogP contribution >= 0.6 is 23.1 Å². The predicted molar refractivity (Wildman–Crippen MR) is 126 cm³/mol. The molecule has 2 N–H and O–H groups in total. The second kappa shape index (κ2) is 9.79. The van der Waals surface area contributed by atoms with Crippen LogP contribution in [0, 0.1) is 0 Å². The van der Waals surface area contributed by atoms with E-state index in [1.54, 1.807) is 0 Å². The second-order valence-electron chi connectivity index (χ2n) is 7.86. The number of aromatic nitrogens is 2. The minimum absolute atomic E-state index is 0.0813. The number of nitrogens with zero attached hydrogens (tertiary/aromatic N) is 1. The molecule has 0 bridgehead atoms. The molecule has 0 spiro atoms. The number of carbonyl (C=O) groups is 1. The molecular weight excluding hydrogens is 414 g/mol. The number of nitrogens with one attached hydrogen (secondary N) is 2. The van der Waals surface area contributed by atoms with Gasteiger partial charge >= 0.3 is 0 Å². The molecule has 3 aromatic rings. The number of amides is 1. The Morgan fingerprint density at radius 1 is 1.23 bits per heavy atom. The number of hydrogen-bond donors (Lipinski definition) is 2. The van der Waals surface area contributed by atoms with Crippen molar-refractivity contribution < 1.29 is 4.79 Å². The topological polar surface area (TPSA) is 74.8 Å². The van der Waals surface area contributed by atoms with E-state index in [0.29, 0.717) is 23.0 Å². The van der Waals surface area contributed by atoms with E-state index in [0.717, 1.165) is 28.8 Å². The quantitative estimate of drug-likeness (QED) is 0.521. The molecule has 2 heterocycles. The fraction of sp³-hybridized carbons (Fsp3) is 0.435. The first kappa shape index (κ1) is 21.1. The van der Waals surface area contributed by atoms with Crippen molar-refractivity contribution in [2.45, 2.75) is 62.5 Å². The molecule has 1 saturated carbocycles. The number of hydrogen-bond acceptors (Lipinski definition) is 5. The van der Waals surface area contributed by atoms with E-state index >= 15 is 0 Å². The fourth-order valence-corrected chi connectivity index (χ4v) is 5.64. The largest absolute Gasteiger partial charge is 0.352 e. The van der Waals surface area contributed by atoms with Crippen molar-refractivity contribution in [1.82, 2.24) is 15.3 Å². The molecule has 1 aromatic carbocycles. The molecule has 0 radical (unpaired) electrons. The Morgan fingerprint density at radius 2 is 1.97 bits per heavy atom. The molecule has 2 aromatic heterocycles. The summed E-state index contributed by atoms with van der Waals surface area (Å²) in [6.45, 7) is 1.92. The molecule has 1 aliphatic rings. The van der Waals surface area contributed by atoms with Gasteiger partial charge in [0.15, 0.2) is 0 Å². The summed E-state index contributed by atoms with van der Waals surface area (Å²) in [6, 6.07) is 10.2. The maximum atomic E-state index is 12.8. The number of H-pyrrole nitrogens is 1. The average Bonchev–Trinajstić information content (AvgIpc) is 3.02. The number of thiophene rings is 1. The Balaban J connectivity index is 1.41. The molecule has 1 amide bonds. The average molecular weight is 442 g/mol. The smallest absolute Gasteiger partial charge is 0.260 e. The number of benzene rings is 1. The molecule has 1 atom stereocenters. The molecule has 4 rings (SSSR count). The standard InChI is InChI=1S/C23H27N3O2S2/c1-15(21(27)24-17-11-7-2-3-8-12-17)29-14-19-25-22(28)20-18(13-30-23(20)26-19)16-9-5-4-6-10-16/h4-6,9-10,13,15,17H,2-3,7-8,11-12,14H2,1H3,(H,24,27)(H,25,26,28)/t15-/m1/s1. The number of rotatable bonds is 6. The molecule has 1 aliphatic carbocycles. The zero-order chi connectivity index (χ0) is 20.9. The van der Waals surface area contributed by atoms with Crippen LogP contribution in [-0.2, 0) is 10.5 Å². The minimum Gasteiger partial charge on any atom is -0.352 e. The maximum Gasteiger partial charge on any atom is 0.260 e. The van der Waals surface area contributed by atoms with Crippen LogP contribution in [0.4, 0.5) is 0 Å². The second-order valence-corrected chi connectivity index (χ2v) is 10.0. The summed E-state index contributed by atoms with van der Waals surface area (Å²) in [4.78, 5) is 33.6. The summed E-state index contributed by atoms with van der Waals surface area (Å²) in [5.41, 5.74) is 1.81. The van der Waals surface area contributed by atoms with Gasteiger partial charge in [0.2, 0.25) is 5.91 Å². The van der Waals surface area contributed by atoms with Gasteiger partial charge in [-0.3, -0.25) is 9.59 Å². The molecule has 5 nitrogen and oxygen atoms in total. The third kappa shape index (κ3) is 4.95. The Bertz CT molecular complexity index is 1050. The lowest BCUT2D eigenvalue weighted by molar-refractivity contribution is -0.121. The minimum atomic E-state index is -0.183. The molecular formula is C23H27N3O2S2. The van der Waals surface area contributed by atoms with Gasteiger partial charge < -0.3 is 10.3 Å². The monoisotopic (exact) mass is 441 g/mol. The Kier molecular flexibility index (Phi) is 6.89. The van der Waals surface area contributed by atoms with E-state index in [-0.39, 0.29) is 16.7 Å². The van der Waals surface area contributed by atoms with Crippen LogP contribution in [0.3, 0.4) is 0 Å². The van der Waals surface area contributed by atoms with Gasteiger partial charge in [0.1, 0.15) is 10.7 Å². The van der Waals surface area contributed by atoms with Gasteiger partial charge in [0.05, 0.1) is 16.4 Å². The molecule has 30 heavy (non-hydrogen) atoms. The van der Waals surface area contributed by atoms with Gasteiger partial charge in [-0.2, -0.15) is 0 Å². The highest BCUT2D eigenvalue weighted by Gasteiger charge is 2.20. The van der Waals surface area contributed by atoms with Gasteiger partial charge in [-0.05, 0) is 25.3 Å². The summed E-state index contributed by atoms with van der Waals surface area (Å²) in [6.07, 6.45) is 7.10. The third-order valence-corrected chi connectivity index (χ3v) is 7.65. The van der Waals surface area contributed by atoms with Crippen molar-refractivity contribution in [3.63, 3.8) is 0 Å². The Morgan fingerprint density at radius 3 is 2.70 bits per heavy atom. The molecule has 1 fully saturated rings. The third-order valence-electron chi connectivity index (χ3n) is 5.62. The van der Waals surface area contributed by atoms with Crippen molar-refractivity contribution >= 4 is 39.2 Å². The van der Waals surface area contributed by atoms with E-state index in [1.165, 1.54) is 48.8 Å². The number of thioether (sulfide) groups is 1. The first-order valence-electron chi connectivity index (χ1n) is 10.6. The van der Waals surface area contributed by atoms with Gasteiger partial charge in [0, 0.05) is 17.0 Å². The summed E-state index contributed by atoms with van der Waals surface area (Å²) in [7, 11) is 0. The molecule has 0 saturated heterocycles. The van der Waals surface area contributed by atoms with E-state index in [9.17, 15) is 9.59 Å². The molecule has 158 valence electrons. The van der Waals surface area contributed by atoms with Crippen molar-refractivity contribution in [2.75, 3.05) is 0 Å². The van der Waals surface area contributed by atoms with Gasteiger partial charge in [-0.15, -0.1) is 23.1 Å². The normalized spacial score (nSPS) is 16.3. The first-order valence-corrected chi connectivity index (χ1v) is 12.5. The lowest BCUT2D eigenvalue weighted by Gasteiger charge is -2.19. The van der Waals surface area contributed by atoms with Gasteiger partial charge in [-0.1, -0.05) is 56.0 Å². The van der Waals surface area contributed by atoms with Crippen LogP contribution in [0.15, 0.2) is 40.5 Å². The fourth-order valence-electron chi connectivity index (χ4n) is 3.91. The Hall–Kier alpha value is -2.12. The van der Waals surface area contributed by atoms with Crippen LogP contribution in [0.1, 0.15) is 51.3 Å². The number of aromatic amines is 1. The lowest BCUT2D eigenvalue weighted by Crippen LogP contribution is -2.39. The van der Waals surface area contributed by atoms with E-state index in [1.807, 2.05) is 42.6 Å². The van der Waals surface area contributed by atoms with Crippen molar-refractivity contribution in [1.29, 1.82) is 0 Å². The highest BCUT2D eigenvalue weighted by Crippen LogP contribution is 2.31. The van der Waals surface area contributed by atoms with Crippen LogP contribution in [0.5, 0.6) is 0 Å². The summed E-state index contributed by atoms with van der Waals surface area (Å²) in [5, 5.41) is 5.65. The lowest BCUT2D eigenvalue weighted by atomic mass is 10.1. The van der Waals surface area contributed by atoms with Crippen LogP contribution in [0.25, 0.3) is 21.3 Å². The highest BCUT2D eigenvalue weighted by molar-refractivity contribution is 7.99. The van der Waals surface area contributed by atoms with Crippen molar-refractivity contribution in [3.8, 4) is 11.1 Å². The number of fused-ring (bicyclic) bond motifs is 1. The summed E-state index contributed by atoms with van der Waals surface area (Å²) in [5.74, 6) is 1.20. The maximum absolute atomic E-state index is 12.8. The zero-order valence-electron chi connectivity index (χ0n) is 17.1. The van der Waals surface area contributed by atoms with Gasteiger partial charge in [0.25, 0.3) is 5.56 Å². The van der Waals surface area contributed by atoms with Crippen LogP contribution in [0.2, 0.25) is 0 Å². The van der Waals surface area contributed by atoms with Crippen molar-refractivity contribution in [3.05, 3.63) is 51.9 Å². The van der Waals surface area contributed by atoms with E-state index < -0.39 is 0 Å². The van der Waals surface area contributed by atoms with Gasteiger partial charge in [-0.25, -0.2) is 4.98 Å². The van der Waals surface area contributed by atoms with Crippen LogP contribution in [-0.4, -0.2) is 27.2 Å². The summed E-state index contributed by atoms with van der Waals surface area (Å²) >= 11 is 3.00. The molecule has 0 unspecified atom stereocenters. The zero-order valence-corrected chi connectivity index (χ0v) is 18.8. The van der Waals surface area contributed by atoms with Crippen LogP contribution < -0.4 is 10.9 Å². The Labute approximate surface area is 184 Å². The van der Waals surface area contributed by atoms with Crippen molar-refractivity contribution in [2.24, 2.45) is 0 Å². The molecule has 7 heteroatoms. The first-order chi connectivity index (χ1) is 14.6. The predicted octanol–water partition coefficient (Wildman–Crippen LogP) is 5.11.